The van der Waals surface area contributed by atoms with E-state index in [4.69, 9.17) is 11.6 Å². The van der Waals surface area contributed by atoms with Gasteiger partial charge < -0.3 is 10.2 Å². The van der Waals surface area contributed by atoms with Gasteiger partial charge in [-0.25, -0.2) is 4.98 Å². The summed E-state index contributed by atoms with van der Waals surface area (Å²) in [5.74, 6) is -0.213. The quantitative estimate of drug-likeness (QED) is 0.483. The number of aryl methyl sites for hydroxylation is 1. The molecule has 0 aliphatic carbocycles. The number of nitrogens with zero attached hydrogens (tertiary/aromatic N) is 4. The fraction of sp³-hybridized carbons (Fsp3) is 0.545. The van der Waals surface area contributed by atoms with Crippen molar-refractivity contribution >= 4 is 29.0 Å². The summed E-state index contributed by atoms with van der Waals surface area (Å²) in [4.78, 5) is 31.1. The number of likely N-dealkylation sites (N-methyl/N-ethyl adjacent to an activating group) is 1. The van der Waals surface area contributed by atoms with Crippen molar-refractivity contribution in [3.8, 4) is 0 Å². The summed E-state index contributed by atoms with van der Waals surface area (Å²) in [5.41, 5.74) is -0.0917. The lowest BCUT2D eigenvalue weighted by Gasteiger charge is -2.18. The zero-order chi connectivity index (χ0) is 15.3. The van der Waals surface area contributed by atoms with E-state index in [1.807, 2.05) is 6.92 Å². The molecule has 20 heavy (non-hydrogen) atoms. The molecule has 0 saturated carbocycles. The van der Waals surface area contributed by atoms with Crippen LogP contribution in [0.15, 0.2) is 0 Å². The van der Waals surface area contributed by atoms with Gasteiger partial charge in [-0.15, -0.1) is 0 Å². The number of nitrogens with one attached hydrogen (secondary N) is 1. The number of anilines is 1. The van der Waals surface area contributed by atoms with E-state index in [1.165, 1.54) is 18.9 Å². The Morgan fingerprint density at radius 3 is 2.70 bits per heavy atom. The summed E-state index contributed by atoms with van der Waals surface area (Å²) in [5, 5.41) is 13.7. The first kappa shape index (κ1) is 16.1. The van der Waals surface area contributed by atoms with Gasteiger partial charge in [0, 0.05) is 13.6 Å². The Kier molecular flexibility index (Phi) is 5.63. The molecule has 0 fully saturated rings. The Balaban J connectivity index is 3.00. The maximum Gasteiger partial charge on any atom is 0.332 e. The van der Waals surface area contributed by atoms with Crippen molar-refractivity contribution in [1.82, 2.24) is 15.3 Å². The van der Waals surface area contributed by atoms with Crippen LogP contribution in [0, 0.1) is 17.0 Å². The predicted octanol–water partition coefficient (Wildman–Crippen LogP) is 1.31. The van der Waals surface area contributed by atoms with E-state index in [0.717, 1.165) is 6.42 Å². The van der Waals surface area contributed by atoms with Gasteiger partial charge in [0.15, 0.2) is 0 Å². The molecule has 8 nitrogen and oxygen atoms in total. The Morgan fingerprint density at radius 1 is 1.50 bits per heavy atom. The molecule has 110 valence electrons. The van der Waals surface area contributed by atoms with Gasteiger partial charge in [0.2, 0.25) is 17.0 Å². The number of nitro groups is 1. The molecule has 0 radical (unpaired) electrons. The minimum absolute atomic E-state index is 0.0270. The molecule has 0 aliphatic heterocycles. The van der Waals surface area contributed by atoms with E-state index in [-0.39, 0.29) is 34.9 Å². The zero-order valence-electron chi connectivity index (χ0n) is 11.5. The van der Waals surface area contributed by atoms with Crippen LogP contribution < -0.4 is 10.2 Å². The predicted molar refractivity (Wildman–Crippen MR) is 75.0 cm³/mol. The fourth-order valence-corrected chi connectivity index (χ4v) is 1.82. The van der Waals surface area contributed by atoms with Crippen LogP contribution >= 0.6 is 11.6 Å². The number of halogens is 1. The third-order valence-corrected chi connectivity index (χ3v) is 2.68. The Morgan fingerprint density at radius 2 is 2.15 bits per heavy atom. The molecule has 0 unspecified atom stereocenters. The van der Waals surface area contributed by atoms with E-state index in [1.54, 1.807) is 0 Å². The minimum atomic E-state index is -0.582. The molecule has 1 aromatic rings. The third kappa shape index (κ3) is 4.02. The van der Waals surface area contributed by atoms with E-state index in [9.17, 15) is 14.9 Å². The topological polar surface area (TPSA) is 101 Å². The largest absolute Gasteiger partial charge is 0.355 e. The van der Waals surface area contributed by atoms with Crippen molar-refractivity contribution in [2.75, 3.05) is 25.0 Å². The van der Waals surface area contributed by atoms with Gasteiger partial charge in [-0.05, 0) is 24.9 Å². The number of amides is 1. The molecule has 9 heteroatoms. The molecule has 1 amide bonds. The van der Waals surface area contributed by atoms with Crippen LogP contribution in [0.4, 0.5) is 11.5 Å². The van der Waals surface area contributed by atoms with Gasteiger partial charge in [-0.2, -0.15) is 4.98 Å². The SMILES string of the molecule is CCCNC(=O)CN(C)c1nc(Cl)nc(C)c1[N+](=O)[O-]. The van der Waals surface area contributed by atoms with E-state index in [2.05, 4.69) is 15.3 Å². The molecule has 0 spiro atoms. The first-order chi connectivity index (χ1) is 9.36. The Labute approximate surface area is 121 Å². The van der Waals surface area contributed by atoms with E-state index in [0.29, 0.717) is 6.54 Å². The average Bonchev–Trinajstić information content (AvgIpc) is 2.34. The second kappa shape index (κ2) is 6.99. The van der Waals surface area contributed by atoms with Crippen molar-refractivity contribution in [1.29, 1.82) is 0 Å². The molecule has 0 bridgehead atoms. The van der Waals surface area contributed by atoms with E-state index < -0.39 is 4.92 Å². The highest BCUT2D eigenvalue weighted by atomic mass is 35.5. The second-order valence-corrected chi connectivity index (χ2v) is 4.55. The lowest BCUT2D eigenvalue weighted by Crippen LogP contribution is -2.36. The molecule has 1 N–H and O–H groups in total. The normalized spacial score (nSPS) is 10.2. The molecule has 0 aliphatic rings. The first-order valence-electron chi connectivity index (χ1n) is 6.03. The lowest BCUT2D eigenvalue weighted by molar-refractivity contribution is -0.385. The molecule has 1 rings (SSSR count). The third-order valence-electron chi connectivity index (χ3n) is 2.51. The smallest absolute Gasteiger partial charge is 0.332 e. The number of aromatic nitrogens is 2. The molecular weight excluding hydrogens is 286 g/mol. The van der Waals surface area contributed by atoms with Crippen molar-refractivity contribution in [3.63, 3.8) is 0 Å². The van der Waals surface area contributed by atoms with Gasteiger partial charge in [0.1, 0.15) is 5.69 Å². The second-order valence-electron chi connectivity index (χ2n) is 4.21. The van der Waals surface area contributed by atoms with Gasteiger partial charge in [-0.1, -0.05) is 6.92 Å². The van der Waals surface area contributed by atoms with Crippen molar-refractivity contribution in [2.24, 2.45) is 0 Å². The Hall–Kier alpha value is -1.96. The molecule has 1 heterocycles. The molecule has 1 aromatic heterocycles. The van der Waals surface area contributed by atoms with Crippen molar-refractivity contribution in [2.45, 2.75) is 20.3 Å². The average molecular weight is 302 g/mol. The highest BCUT2D eigenvalue weighted by Crippen LogP contribution is 2.28. The van der Waals surface area contributed by atoms with Crippen molar-refractivity contribution in [3.05, 3.63) is 21.1 Å². The summed E-state index contributed by atoms with van der Waals surface area (Å²) in [6.45, 7) is 3.91. The molecule has 0 saturated heterocycles. The molecule has 0 atom stereocenters. The van der Waals surface area contributed by atoms with Crippen LogP contribution in [0.3, 0.4) is 0 Å². The lowest BCUT2D eigenvalue weighted by atomic mass is 10.3. The van der Waals surface area contributed by atoms with Crippen LogP contribution in [0.2, 0.25) is 5.28 Å². The maximum absolute atomic E-state index is 11.6. The van der Waals surface area contributed by atoms with Gasteiger partial charge >= 0.3 is 5.69 Å². The summed E-state index contributed by atoms with van der Waals surface area (Å²) >= 11 is 5.72. The number of carbonyl (C=O) groups is 1. The molecule has 0 aromatic carbocycles. The number of hydrogen-bond donors (Lipinski definition) is 1. The Bertz CT molecular complexity index is 523. The van der Waals surface area contributed by atoms with Gasteiger partial charge in [0.05, 0.1) is 11.5 Å². The number of hydrogen-bond acceptors (Lipinski definition) is 6. The van der Waals surface area contributed by atoms with E-state index >= 15 is 0 Å². The fourth-order valence-electron chi connectivity index (χ4n) is 1.61. The van der Waals surface area contributed by atoms with Crippen LogP contribution in [0.5, 0.6) is 0 Å². The standard InChI is InChI=1S/C11H16ClN5O3/c1-4-5-13-8(18)6-16(3)10-9(17(19)20)7(2)14-11(12)15-10/h4-6H2,1-3H3,(H,13,18). The minimum Gasteiger partial charge on any atom is -0.355 e. The van der Waals surface area contributed by atoms with Crippen LogP contribution in [0.1, 0.15) is 19.0 Å². The summed E-state index contributed by atoms with van der Waals surface area (Å²) < 4.78 is 0. The highest BCUT2D eigenvalue weighted by molar-refractivity contribution is 6.28. The number of carbonyl (C=O) groups excluding carboxylic acids is 1. The monoisotopic (exact) mass is 301 g/mol. The van der Waals surface area contributed by atoms with Crippen molar-refractivity contribution < 1.29 is 9.72 Å². The first-order valence-corrected chi connectivity index (χ1v) is 6.41. The summed E-state index contributed by atoms with van der Waals surface area (Å²) in [7, 11) is 1.54. The van der Waals surface area contributed by atoms with Gasteiger partial charge in [-0.3, -0.25) is 14.9 Å². The van der Waals surface area contributed by atoms with Crippen LogP contribution in [-0.4, -0.2) is 40.9 Å². The highest BCUT2D eigenvalue weighted by Gasteiger charge is 2.25. The zero-order valence-corrected chi connectivity index (χ0v) is 12.3. The maximum atomic E-state index is 11.6. The van der Waals surface area contributed by atoms with Gasteiger partial charge in [0.25, 0.3) is 0 Å². The summed E-state index contributed by atoms with van der Waals surface area (Å²) in [6.07, 6.45) is 0.814. The summed E-state index contributed by atoms with van der Waals surface area (Å²) in [6, 6.07) is 0. The number of rotatable bonds is 6. The molecular formula is C11H16ClN5O3. The van der Waals surface area contributed by atoms with Crippen LogP contribution in [0.25, 0.3) is 0 Å². The van der Waals surface area contributed by atoms with Crippen LogP contribution in [-0.2, 0) is 4.79 Å².